The molecule has 0 fully saturated rings. The highest BCUT2D eigenvalue weighted by Gasteiger charge is 2.29. The van der Waals surface area contributed by atoms with Gasteiger partial charge in [0.15, 0.2) is 5.17 Å². The number of hydrogen-bond acceptors (Lipinski definition) is 4. The maximum absolute atomic E-state index is 12.5. The number of halogens is 1. The van der Waals surface area contributed by atoms with Crippen molar-refractivity contribution in [3.05, 3.63) is 53.2 Å². The van der Waals surface area contributed by atoms with Gasteiger partial charge < -0.3 is 5.32 Å². The molecule has 1 N–H and O–H groups in total. The molecule has 2 amide bonds. The number of benzene rings is 1. The van der Waals surface area contributed by atoms with Crippen molar-refractivity contribution in [1.82, 2.24) is 10.2 Å². The maximum Gasteiger partial charge on any atom is 0.278 e. The highest BCUT2D eigenvalue weighted by atomic mass is 35.5. The zero-order valence-corrected chi connectivity index (χ0v) is 15.6. The number of amides is 2. The molecular weight excluding hydrogens is 358 g/mol. The molecule has 0 unspecified atom stereocenters. The highest BCUT2D eigenvalue weighted by Crippen LogP contribution is 2.24. The van der Waals surface area contributed by atoms with Crippen LogP contribution >= 0.6 is 23.4 Å². The molecule has 1 aromatic carbocycles. The van der Waals surface area contributed by atoms with Crippen molar-refractivity contribution in [2.45, 2.75) is 13.3 Å². The van der Waals surface area contributed by atoms with E-state index in [1.54, 1.807) is 24.3 Å². The lowest BCUT2D eigenvalue weighted by atomic mass is 10.2. The van der Waals surface area contributed by atoms with Crippen molar-refractivity contribution in [2.75, 3.05) is 18.8 Å². The van der Waals surface area contributed by atoms with Crippen molar-refractivity contribution in [2.24, 2.45) is 4.99 Å². The van der Waals surface area contributed by atoms with Gasteiger partial charge in [0.2, 0.25) is 5.91 Å². The molecule has 0 aliphatic carbocycles. The number of carbonyl (C=O) groups excluding carboxylic acids is 2. The highest BCUT2D eigenvalue weighted by molar-refractivity contribution is 8.14. The van der Waals surface area contributed by atoms with Crippen molar-refractivity contribution < 1.29 is 9.59 Å². The SMILES string of the molecule is C=CCN1C(=O)/C(=C\c2ccc(Cl)cc2)N=C1SCC(=O)NCCC. The Hall–Kier alpha value is -2.05. The summed E-state index contributed by atoms with van der Waals surface area (Å²) in [6, 6.07) is 7.15. The second-order valence-corrected chi connectivity index (χ2v) is 6.70. The first-order valence-electron chi connectivity index (χ1n) is 7.93. The van der Waals surface area contributed by atoms with Crippen LogP contribution in [0, 0.1) is 0 Å². The van der Waals surface area contributed by atoms with Gasteiger partial charge in [-0.05, 0) is 30.2 Å². The number of aliphatic imine (C=N–C) groups is 1. The van der Waals surface area contributed by atoms with E-state index in [0.717, 1.165) is 12.0 Å². The van der Waals surface area contributed by atoms with Gasteiger partial charge in [-0.1, -0.05) is 48.5 Å². The van der Waals surface area contributed by atoms with Gasteiger partial charge in [0.05, 0.1) is 5.75 Å². The van der Waals surface area contributed by atoms with Crippen LogP contribution in [0.5, 0.6) is 0 Å². The lowest BCUT2D eigenvalue weighted by Crippen LogP contribution is -2.32. The van der Waals surface area contributed by atoms with Gasteiger partial charge in [-0.25, -0.2) is 4.99 Å². The molecule has 0 spiro atoms. The Kier molecular flexibility index (Phi) is 7.28. The van der Waals surface area contributed by atoms with Crippen LogP contribution in [-0.4, -0.2) is 40.7 Å². The standard InChI is InChI=1S/C18H20ClN3O2S/c1-3-9-20-16(23)12-25-18-21-15(17(24)22(18)10-4-2)11-13-5-7-14(19)8-6-13/h4-8,11H,2-3,9-10,12H2,1H3,(H,20,23)/b15-11+. The minimum Gasteiger partial charge on any atom is -0.355 e. The van der Waals surface area contributed by atoms with Gasteiger partial charge in [0.1, 0.15) is 5.70 Å². The summed E-state index contributed by atoms with van der Waals surface area (Å²) >= 11 is 7.12. The molecule has 1 heterocycles. The van der Waals surface area contributed by atoms with Crippen LogP contribution in [0.15, 0.2) is 47.6 Å². The van der Waals surface area contributed by atoms with Gasteiger partial charge in [0, 0.05) is 18.1 Å². The molecule has 1 aliphatic heterocycles. The number of hydrogen-bond donors (Lipinski definition) is 1. The van der Waals surface area contributed by atoms with Crippen LogP contribution in [-0.2, 0) is 9.59 Å². The van der Waals surface area contributed by atoms with Crippen LogP contribution < -0.4 is 5.32 Å². The first-order valence-corrected chi connectivity index (χ1v) is 9.29. The Morgan fingerprint density at radius 2 is 2.12 bits per heavy atom. The topological polar surface area (TPSA) is 61.8 Å². The zero-order chi connectivity index (χ0) is 18.2. The van der Waals surface area contributed by atoms with E-state index in [0.29, 0.717) is 29.0 Å². The van der Waals surface area contributed by atoms with Crippen LogP contribution in [0.4, 0.5) is 0 Å². The maximum atomic E-state index is 12.5. The first kappa shape index (κ1) is 19.3. The van der Waals surface area contributed by atoms with Crippen molar-refractivity contribution in [1.29, 1.82) is 0 Å². The van der Waals surface area contributed by atoms with E-state index in [4.69, 9.17) is 11.6 Å². The van der Waals surface area contributed by atoms with E-state index in [1.807, 2.05) is 19.1 Å². The molecule has 0 saturated carbocycles. The summed E-state index contributed by atoms with van der Waals surface area (Å²) in [4.78, 5) is 30.2. The fourth-order valence-electron chi connectivity index (χ4n) is 2.09. The fraction of sp³-hybridized carbons (Fsp3) is 0.278. The molecule has 7 heteroatoms. The van der Waals surface area contributed by atoms with Crippen LogP contribution in [0.3, 0.4) is 0 Å². The smallest absolute Gasteiger partial charge is 0.278 e. The van der Waals surface area contributed by atoms with E-state index in [9.17, 15) is 9.59 Å². The number of thioether (sulfide) groups is 1. The van der Waals surface area contributed by atoms with Crippen molar-refractivity contribution in [3.63, 3.8) is 0 Å². The quantitative estimate of drug-likeness (QED) is 0.585. The largest absolute Gasteiger partial charge is 0.355 e. The third-order valence-corrected chi connectivity index (χ3v) is 4.53. The van der Waals surface area contributed by atoms with E-state index >= 15 is 0 Å². The lowest BCUT2D eigenvalue weighted by Gasteiger charge is -2.15. The number of rotatable bonds is 7. The molecule has 132 valence electrons. The lowest BCUT2D eigenvalue weighted by molar-refractivity contribution is -0.122. The summed E-state index contributed by atoms with van der Waals surface area (Å²) in [5.74, 6) is -0.0597. The molecular formula is C18H20ClN3O2S. The third kappa shape index (κ3) is 5.47. The van der Waals surface area contributed by atoms with E-state index in [1.165, 1.54) is 16.7 Å². The molecule has 25 heavy (non-hydrogen) atoms. The molecule has 1 aromatic rings. The fourth-order valence-corrected chi connectivity index (χ4v) is 3.06. The van der Waals surface area contributed by atoms with E-state index in [2.05, 4.69) is 16.9 Å². The van der Waals surface area contributed by atoms with Gasteiger partial charge >= 0.3 is 0 Å². The van der Waals surface area contributed by atoms with Gasteiger partial charge in [-0.2, -0.15) is 0 Å². The van der Waals surface area contributed by atoms with Crippen LogP contribution in [0.1, 0.15) is 18.9 Å². The molecule has 5 nitrogen and oxygen atoms in total. The molecule has 0 aromatic heterocycles. The number of nitrogens with one attached hydrogen (secondary N) is 1. The Labute approximate surface area is 156 Å². The Bertz CT molecular complexity index is 714. The zero-order valence-electron chi connectivity index (χ0n) is 14.0. The molecule has 0 atom stereocenters. The molecule has 0 saturated heterocycles. The summed E-state index contributed by atoms with van der Waals surface area (Å²) in [7, 11) is 0. The summed E-state index contributed by atoms with van der Waals surface area (Å²) in [5.41, 5.74) is 1.17. The Morgan fingerprint density at radius 1 is 1.40 bits per heavy atom. The third-order valence-electron chi connectivity index (χ3n) is 3.30. The summed E-state index contributed by atoms with van der Waals surface area (Å²) < 4.78 is 0. The number of carbonyl (C=O) groups is 2. The minimum absolute atomic E-state index is 0.0734. The first-order chi connectivity index (χ1) is 12.0. The summed E-state index contributed by atoms with van der Waals surface area (Å²) in [6.07, 6.45) is 4.22. The molecule has 0 bridgehead atoms. The van der Waals surface area contributed by atoms with E-state index in [-0.39, 0.29) is 17.6 Å². The predicted molar refractivity (Wildman–Crippen MR) is 105 cm³/mol. The molecule has 1 aliphatic rings. The summed E-state index contributed by atoms with van der Waals surface area (Å²) in [6.45, 7) is 6.66. The number of nitrogens with zero attached hydrogens (tertiary/aromatic N) is 2. The second kappa shape index (κ2) is 9.44. The van der Waals surface area contributed by atoms with Crippen molar-refractivity contribution >= 4 is 46.4 Å². The minimum atomic E-state index is -0.202. The number of amidine groups is 1. The van der Waals surface area contributed by atoms with Crippen LogP contribution in [0.2, 0.25) is 5.02 Å². The normalized spacial score (nSPS) is 15.4. The Morgan fingerprint density at radius 3 is 2.76 bits per heavy atom. The van der Waals surface area contributed by atoms with E-state index < -0.39 is 0 Å². The van der Waals surface area contributed by atoms with Crippen molar-refractivity contribution in [3.8, 4) is 0 Å². The average Bonchev–Trinajstić information content (AvgIpc) is 2.89. The Balaban J connectivity index is 2.14. The van der Waals surface area contributed by atoms with Crippen LogP contribution in [0.25, 0.3) is 6.08 Å². The molecule has 2 rings (SSSR count). The predicted octanol–water partition coefficient (Wildman–Crippen LogP) is 3.32. The average molecular weight is 378 g/mol. The van der Waals surface area contributed by atoms with Gasteiger partial charge in [-0.3, -0.25) is 14.5 Å². The summed E-state index contributed by atoms with van der Waals surface area (Å²) in [5, 5.41) is 3.95. The van der Waals surface area contributed by atoms with Gasteiger partial charge in [0.25, 0.3) is 5.91 Å². The second-order valence-electron chi connectivity index (χ2n) is 5.32. The van der Waals surface area contributed by atoms with Gasteiger partial charge in [-0.15, -0.1) is 6.58 Å². The molecule has 0 radical (unpaired) electrons. The monoisotopic (exact) mass is 377 g/mol.